The Morgan fingerprint density at radius 1 is 0.667 bits per heavy atom. The number of ether oxygens (including phenoxy) is 2. The molecule has 0 atom stereocenters. The normalized spacial score (nSPS) is 12.6. The summed E-state index contributed by atoms with van der Waals surface area (Å²) in [5.41, 5.74) is 11.6. The maximum atomic E-state index is 12.5. The standard InChI is InChI=1S/C21H19N3O3S.C11H13NO2.C10H8N2O2S/c25-19(14-24-12-3-5-15-4-1-2-6-18(15)24)23-16-7-9-17(10-8-16)27-21(26)20-22-11-13-28-20;13-11(14)8-12-7-3-5-9-4-1-2-6-10(9)12;11-7-1-3-8(4-2-7)14-10(13)9-12-5-6-15-9/h1-2,4,6-11,13H,3,5,12,14H2,(H,23,25);1-2,4,6H,3,5,7-8H2,(H,13,14);1-6H,11H2. The molecule has 57 heavy (non-hydrogen) atoms. The number of carbonyl (C=O) groups is 4. The molecule has 0 spiro atoms. The van der Waals surface area contributed by atoms with E-state index in [-0.39, 0.29) is 12.5 Å². The van der Waals surface area contributed by atoms with Gasteiger partial charge in [0, 0.05) is 59.0 Å². The van der Waals surface area contributed by atoms with E-state index in [0.29, 0.717) is 39.4 Å². The predicted octanol–water partition coefficient (Wildman–Crippen LogP) is 7.22. The number of aromatic nitrogens is 2. The molecule has 0 aliphatic carbocycles. The number of carbonyl (C=O) groups excluding carboxylic acids is 3. The molecule has 0 saturated heterocycles. The van der Waals surface area contributed by atoms with Gasteiger partial charge in [0.05, 0.1) is 6.54 Å². The SMILES string of the molecule is Nc1ccc(OC(=O)c2nccs2)cc1.O=C(CN1CCCc2ccccc21)Nc1ccc(OC(=O)c2nccs2)cc1.O=C(O)CN1CCCc2ccccc21. The van der Waals surface area contributed by atoms with Crippen LogP contribution in [0.1, 0.15) is 43.6 Å². The minimum atomic E-state index is -0.762. The fourth-order valence-electron chi connectivity index (χ4n) is 6.18. The van der Waals surface area contributed by atoms with Crippen molar-refractivity contribution >= 4 is 69.2 Å². The highest BCUT2D eigenvalue weighted by atomic mass is 32.1. The molecule has 292 valence electrons. The molecular formula is C42H40N6O7S2. The minimum absolute atomic E-state index is 0.0794. The largest absolute Gasteiger partial charge is 0.480 e. The van der Waals surface area contributed by atoms with Crippen LogP contribution in [-0.2, 0) is 22.4 Å². The first kappa shape index (κ1) is 40.1. The summed E-state index contributed by atoms with van der Waals surface area (Å²) in [7, 11) is 0. The van der Waals surface area contributed by atoms with Crippen molar-refractivity contribution in [1.29, 1.82) is 0 Å². The van der Waals surface area contributed by atoms with Gasteiger partial charge in [0.1, 0.15) is 18.0 Å². The number of carboxylic acids is 1. The van der Waals surface area contributed by atoms with Crippen molar-refractivity contribution in [3.8, 4) is 11.5 Å². The Morgan fingerprint density at radius 3 is 1.61 bits per heavy atom. The Kier molecular flexibility index (Phi) is 14.0. The van der Waals surface area contributed by atoms with Gasteiger partial charge in [-0.05, 0) is 97.5 Å². The summed E-state index contributed by atoms with van der Waals surface area (Å²) in [5.74, 6) is -0.913. The fourth-order valence-corrected chi connectivity index (χ4v) is 7.20. The van der Waals surface area contributed by atoms with Crippen molar-refractivity contribution in [2.75, 3.05) is 47.0 Å². The van der Waals surface area contributed by atoms with Crippen LogP contribution in [0.5, 0.6) is 11.5 Å². The third kappa shape index (κ3) is 11.7. The summed E-state index contributed by atoms with van der Waals surface area (Å²) >= 11 is 2.47. The van der Waals surface area contributed by atoms with E-state index in [1.807, 2.05) is 35.2 Å². The number of carboxylic acid groups (broad SMARTS) is 1. The summed E-state index contributed by atoms with van der Waals surface area (Å²) in [5, 5.41) is 15.7. The van der Waals surface area contributed by atoms with Crippen molar-refractivity contribution in [2.45, 2.75) is 25.7 Å². The third-order valence-electron chi connectivity index (χ3n) is 8.73. The van der Waals surface area contributed by atoms with Gasteiger partial charge in [-0.25, -0.2) is 19.6 Å². The number of hydrogen-bond donors (Lipinski definition) is 3. The van der Waals surface area contributed by atoms with Crippen LogP contribution in [0.2, 0.25) is 0 Å². The number of nitrogens with two attached hydrogens (primary N) is 1. The van der Waals surface area contributed by atoms with E-state index in [4.69, 9.17) is 20.3 Å². The molecule has 1 amide bonds. The molecule has 2 aliphatic rings. The van der Waals surface area contributed by atoms with E-state index in [9.17, 15) is 19.2 Å². The molecule has 0 unspecified atom stereocenters. The second-order valence-corrected chi connectivity index (χ2v) is 14.6. The van der Waals surface area contributed by atoms with E-state index in [1.54, 1.807) is 71.7 Å². The molecule has 0 fully saturated rings. The zero-order valence-electron chi connectivity index (χ0n) is 30.8. The maximum absolute atomic E-state index is 12.5. The number of aliphatic carboxylic acids is 1. The van der Waals surface area contributed by atoms with Crippen molar-refractivity contribution in [3.63, 3.8) is 0 Å². The van der Waals surface area contributed by atoms with Gasteiger partial charge in [-0.3, -0.25) is 9.59 Å². The minimum Gasteiger partial charge on any atom is -0.480 e. The zero-order valence-corrected chi connectivity index (χ0v) is 32.4. The van der Waals surface area contributed by atoms with E-state index >= 15 is 0 Å². The molecule has 0 bridgehead atoms. The van der Waals surface area contributed by atoms with Crippen LogP contribution in [0.4, 0.5) is 22.7 Å². The average molecular weight is 805 g/mol. The van der Waals surface area contributed by atoms with E-state index in [0.717, 1.165) is 50.1 Å². The lowest BCUT2D eigenvalue weighted by Gasteiger charge is -2.30. The van der Waals surface area contributed by atoms with Crippen LogP contribution in [-0.4, -0.2) is 65.1 Å². The Labute approximate surface area is 337 Å². The van der Waals surface area contributed by atoms with Crippen molar-refractivity contribution < 1.29 is 33.8 Å². The molecule has 13 nitrogen and oxygen atoms in total. The second kappa shape index (κ2) is 19.8. The monoisotopic (exact) mass is 804 g/mol. The number of rotatable bonds is 9. The van der Waals surface area contributed by atoms with Crippen molar-refractivity contribution in [1.82, 2.24) is 9.97 Å². The quantitative estimate of drug-likeness (QED) is 0.0761. The van der Waals surface area contributed by atoms with E-state index < -0.39 is 17.9 Å². The molecule has 8 rings (SSSR count). The molecule has 2 aliphatic heterocycles. The number of nitrogens with zero attached hydrogens (tertiary/aromatic N) is 4. The highest BCUT2D eigenvalue weighted by Crippen LogP contribution is 2.27. The summed E-state index contributed by atoms with van der Waals surface area (Å²) in [6.07, 6.45) is 7.32. The van der Waals surface area contributed by atoms with Crippen LogP contribution < -0.4 is 30.3 Å². The number of benzene rings is 4. The van der Waals surface area contributed by atoms with E-state index in [2.05, 4.69) is 38.4 Å². The topological polar surface area (TPSA) is 177 Å². The molecular weight excluding hydrogens is 765 g/mol. The molecule has 4 N–H and O–H groups in total. The molecule has 2 aromatic heterocycles. The fraction of sp³-hybridized carbons (Fsp3) is 0.190. The van der Waals surface area contributed by atoms with Crippen molar-refractivity contribution in [3.05, 3.63) is 141 Å². The number of nitrogen functional groups attached to an aromatic ring is 1. The van der Waals surface area contributed by atoms with Crippen LogP contribution >= 0.6 is 22.7 Å². The Morgan fingerprint density at radius 2 is 1.14 bits per heavy atom. The molecule has 0 radical (unpaired) electrons. The van der Waals surface area contributed by atoms with Crippen LogP contribution in [0.3, 0.4) is 0 Å². The van der Waals surface area contributed by atoms with Gasteiger partial charge in [-0.15, -0.1) is 22.7 Å². The summed E-state index contributed by atoms with van der Waals surface area (Å²) in [6, 6.07) is 29.6. The first-order chi connectivity index (χ1) is 27.7. The van der Waals surface area contributed by atoms with Crippen LogP contribution in [0, 0.1) is 0 Å². The number of fused-ring (bicyclic) bond motifs is 2. The van der Waals surface area contributed by atoms with Crippen molar-refractivity contribution in [2.24, 2.45) is 0 Å². The summed E-state index contributed by atoms with van der Waals surface area (Å²) in [6.45, 7) is 2.13. The molecule has 0 saturated carbocycles. The lowest BCUT2D eigenvalue weighted by Crippen LogP contribution is -2.36. The number of esters is 2. The van der Waals surface area contributed by atoms with Gasteiger partial charge in [0.2, 0.25) is 15.9 Å². The van der Waals surface area contributed by atoms with Gasteiger partial charge in [-0.2, -0.15) is 0 Å². The average Bonchev–Trinajstić information content (AvgIpc) is 3.97. The molecule has 6 aromatic rings. The van der Waals surface area contributed by atoms with E-state index in [1.165, 1.54) is 33.8 Å². The van der Waals surface area contributed by atoms with Crippen LogP contribution in [0.25, 0.3) is 0 Å². The highest BCUT2D eigenvalue weighted by Gasteiger charge is 2.20. The number of anilines is 4. The smallest absolute Gasteiger partial charge is 0.372 e. The second-order valence-electron chi connectivity index (χ2n) is 12.8. The predicted molar refractivity (Wildman–Crippen MR) is 222 cm³/mol. The van der Waals surface area contributed by atoms with Gasteiger partial charge in [0.15, 0.2) is 0 Å². The first-order valence-corrected chi connectivity index (χ1v) is 19.8. The number of nitrogens with one attached hydrogen (secondary N) is 1. The van der Waals surface area contributed by atoms with Gasteiger partial charge in [-0.1, -0.05) is 36.4 Å². The summed E-state index contributed by atoms with van der Waals surface area (Å²) in [4.78, 5) is 58.3. The number of aryl methyl sites for hydroxylation is 2. The highest BCUT2D eigenvalue weighted by molar-refractivity contribution is 7.11. The summed E-state index contributed by atoms with van der Waals surface area (Å²) < 4.78 is 10.3. The Balaban J connectivity index is 0.000000159. The molecule has 4 heterocycles. The Hall–Kier alpha value is -6.58. The lowest BCUT2D eigenvalue weighted by atomic mass is 10.0. The number of para-hydroxylation sites is 2. The molecule has 4 aromatic carbocycles. The van der Waals surface area contributed by atoms with Gasteiger partial charge in [0.25, 0.3) is 0 Å². The van der Waals surface area contributed by atoms with Crippen LogP contribution in [0.15, 0.2) is 120 Å². The third-order valence-corrected chi connectivity index (χ3v) is 10.2. The molecule has 15 heteroatoms. The first-order valence-electron chi connectivity index (χ1n) is 18.1. The maximum Gasteiger partial charge on any atom is 0.372 e. The Bertz CT molecular complexity index is 2250. The zero-order chi connectivity index (χ0) is 40.0. The van der Waals surface area contributed by atoms with Gasteiger partial charge >= 0.3 is 17.9 Å². The van der Waals surface area contributed by atoms with Gasteiger partial charge < -0.3 is 35.4 Å². The number of amides is 1. The number of hydrogen-bond acceptors (Lipinski definition) is 13. The number of thiazole rings is 2. The lowest BCUT2D eigenvalue weighted by molar-refractivity contribution is -0.135.